The van der Waals surface area contributed by atoms with E-state index in [2.05, 4.69) is 42.2 Å². The number of pyridine rings is 1. The third-order valence-electron chi connectivity index (χ3n) is 1.69. The summed E-state index contributed by atoms with van der Waals surface area (Å²) in [5.74, 6) is -0.0863. The largest absolute Gasteiger partial charge is 0.355 e. The summed E-state index contributed by atoms with van der Waals surface area (Å²) in [5, 5.41) is 3.89. The first-order chi connectivity index (χ1) is 7.71. The second-order valence-corrected chi connectivity index (χ2v) is 3.81. The van der Waals surface area contributed by atoms with Gasteiger partial charge in [-0.3, -0.25) is 9.78 Å². The average Bonchev–Trinajstić information content (AvgIpc) is 2.39. The van der Waals surface area contributed by atoms with E-state index in [0.29, 0.717) is 16.2 Å². The summed E-state index contributed by atoms with van der Waals surface area (Å²) >= 11 is 6.63. The Morgan fingerprint density at radius 3 is 2.00 bits per heavy atom. The fraction of sp³-hybridized carbons (Fsp3) is 0.455. The zero-order chi connectivity index (χ0) is 12.6. The summed E-state index contributed by atoms with van der Waals surface area (Å²) in [4.78, 5) is 15.7. The lowest BCUT2D eigenvalue weighted by atomic mass is 10.2. The van der Waals surface area contributed by atoms with Gasteiger partial charge in [0.2, 0.25) is 0 Å². The SMILES string of the molecule is CC.CNC(=O)c1cc(CBr)nc(CBr)c1. The molecule has 0 aliphatic rings. The third kappa shape index (κ3) is 4.61. The monoisotopic (exact) mass is 350 g/mol. The van der Waals surface area contributed by atoms with Crippen LogP contribution in [0.3, 0.4) is 0 Å². The van der Waals surface area contributed by atoms with Gasteiger partial charge in [0, 0.05) is 23.3 Å². The lowest BCUT2D eigenvalue weighted by Crippen LogP contribution is -2.18. The van der Waals surface area contributed by atoms with E-state index in [0.717, 1.165) is 11.4 Å². The second kappa shape index (κ2) is 8.70. The van der Waals surface area contributed by atoms with Crippen LogP contribution >= 0.6 is 31.9 Å². The van der Waals surface area contributed by atoms with Crippen LogP contribution in [0.25, 0.3) is 0 Å². The number of aromatic nitrogens is 1. The molecule has 0 spiro atoms. The number of amides is 1. The molecule has 0 aliphatic heterocycles. The first-order valence-corrected chi connectivity index (χ1v) is 7.29. The van der Waals surface area contributed by atoms with Crippen molar-refractivity contribution < 1.29 is 4.79 Å². The van der Waals surface area contributed by atoms with Crippen LogP contribution in [0.4, 0.5) is 0 Å². The molecule has 1 amide bonds. The van der Waals surface area contributed by atoms with E-state index in [9.17, 15) is 4.79 Å². The van der Waals surface area contributed by atoms with Gasteiger partial charge in [-0.2, -0.15) is 0 Å². The minimum absolute atomic E-state index is 0.0863. The standard InChI is InChI=1S/C9H10Br2N2O.C2H6/c1-12-9(14)6-2-7(4-10)13-8(3-6)5-11;1-2/h2-3H,4-5H2,1H3,(H,12,14);1-2H3. The molecule has 0 saturated heterocycles. The molecule has 1 aromatic heterocycles. The Morgan fingerprint density at radius 1 is 1.25 bits per heavy atom. The van der Waals surface area contributed by atoms with Gasteiger partial charge in [-0.05, 0) is 12.1 Å². The third-order valence-corrected chi connectivity index (χ3v) is 2.84. The van der Waals surface area contributed by atoms with Crippen molar-refractivity contribution in [2.75, 3.05) is 7.05 Å². The molecule has 0 aliphatic carbocycles. The van der Waals surface area contributed by atoms with Crippen molar-refractivity contribution in [2.45, 2.75) is 24.5 Å². The highest BCUT2D eigenvalue weighted by Gasteiger charge is 2.07. The molecule has 3 nitrogen and oxygen atoms in total. The molecule has 0 radical (unpaired) electrons. The van der Waals surface area contributed by atoms with Crippen LogP contribution < -0.4 is 5.32 Å². The molecule has 0 bridgehead atoms. The van der Waals surface area contributed by atoms with Gasteiger partial charge in [0.05, 0.1) is 11.4 Å². The van der Waals surface area contributed by atoms with Gasteiger partial charge in [0.15, 0.2) is 0 Å². The van der Waals surface area contributed by atoms with Crippen molar-refractivity contribution in [3.05, 3.63) is 29.1 Å². The van der Waals surface area contributed by atoms with Crippen molar-refractivity contribution in [3.8, 4) is 0 Å². The number of hydrogen-bond donors (Lipinski definition) is 1. The number of rotatable bonds is 3. The quantitative estimate of drug-likeness (QED) is 0.849. The van der Waals surface area contributed by atoms with Gasteiger partial charge in [-0.25, -0.2) is 0 Å². The van der Waals surface area contributed by atoms with Crippen molar-refractivity contribution >= 4 is 37.8 Å². The lowest BCUT2D eigenvalue weighted by Gasteiger charge is -2.04. The Morgan fingerprint density at radius 2 is 1.69 bits per heavy atom. The molecule has 1 N–H and O–H groups in total. The highest BCUT2D eigenvalue weighted by molar-refractivity contribution is 9.08. The van der Waals surface area contributed by atoms with E-state index in [-0.39, 0.29) is 5.91 Å². The van der Waals surface area contributed by atoms with E-state index in [4.69, 9.17) is 0 Å². The van der Waals surface area contributed by atoms with Gasteiger partial charge in [0.1, 0.15) is 0 Å². The Balaban J connectivity index is 0.00000106. The molecule has 0 aromatic carbocycles. The van der Waals surface area contributed by atoms with Crippen molar-refractivity contribution in [1.82, 2.24) is 10.3 Å². The van der Waals surface area contributed by atoms with Crippen LogP contribution in [0.15, 0.2) is 12.1 Å². The predicted molar refractivity (Wildman–Crippen MR) is 74.2 cm³/mol. The maximum absolute atomic E-state index is 11.4. The molecule has 90 valence electrons. The first kappa shape index (κ1) is 15.6. The van der Waals surface area contributed by atoms with E-state index in [1.54, 1.807) is 19.2 Å². The number of carbonyl (C=O) groups excluding carboxylic acids is 1. The normalized spacial score (nSPS) is 9.06. The number of hydrogen-bond acceptors (Lipinski definition) is 2. The molecule has 0 fully saturated rings. The highest BCUT2D eigenvalue weighted by atomic mass is 79.9. The van der Waals surface area contributed by atoms with Crippen LogP contribution in [0.2, 0.25) is 0 Å². The molecule has 1 heterocycles. The molecule has 5 heteroatoms. The molecule has 1 aromatic rings. The van der Waals surface area contributed by atoms with Crippen LogP contribution in [0.5, 0.6) is 0 Å². The first-order valence-electron chi connectivity index (χ1n) is 5.05. The lowest BCUT2D eigenvalue weighted by molar-refractivity contribution is 0.0963. The number of halogens is 2. The minimum Gasteiger partial charge on any atom is -0.355 e. The summed E-state index contributed by atoms with van der Waals surface area (Å²) < 4.78 is 0. The summed E-state index contributed by atoms with van der Waals surface area (Å²) in [5.41, 5.74) is 2.37. The smallest absolute Gasteiger partial charge is 0.251 e. The molecule has 1 rings (SSSR count). The van der Waals surface area contributed by atoms with Gasteiger partial charge in [0.25, 0.3) is 5.91 Å². The van der Waals surface area contributed by atoms with E-state index >= 15 is 0 Å². The Bertz CT molecular complexity index is 321. The van der Waals surface area contributed by atoms with Gasteiger partial charge < -0.3 is 5.32 Å². The molecule has 16 heavy (non-hydrogen) atoms. The second-order valence-electron chi connectivity index (χ2n) is 2.68. The fourth-order valence-electron chi connectivity index (χ4n) is 1.06. The van der Waals surface area contributed by atoms with Gasteiger partial charge in [-0.1, -0.05) is 45.7 Å². The van der Waals surface area contributed by atoms with Gasteiger partial charge in [-0.15, -0.1) is 0 Å². The summed E-state index contributed by atoms with van der Waals surface area (Å²) in [6.07, 6.45) is 0. The van der Waals surface area contributed by atoms with E-state index < -0.39 is 0 Å². The Kier molecular flexibility index (Phi) is 8.47. The van der Waals surface area contributed by atoms with Crippen LogP contribution in [-0.4, -0.2) is 17.9 Å². The molecule has 0 atom stereocenters. The number of nitrogens with zero attached hydrogens (tertiary/aromatic N) is 1. The number of alkyl halides is 2. The van der Waals surface area contributed by atoms with Crippen molar-refractivity contribution in [1.29, 1.82) is 0 Å². The highest BCUT2D eigenvalue weighted by Crippen LogP contribution is 2.11. The maximum atomic E-state index is 11.4. The van der Waals surface area contributed by atoms with Crippen molar-refractivity contribution in [2.24, 2.45) is 0 Å². The minimum atomic E-state index is -0.0863. The van der Waals surface area contributed by atoms with Crippen LogP contribution in [-0.2, 0) is 10.7 Å². The fourth-order valence-corrected chi connectivity index (χ4v) is 1.64. The van der Waals surface area contributed by atoms with Gasteiger partial charge >= 0.3 is 0 Å². The van der Waals surface area contributed by atoms with E-state index in [1.165, 1.54) is 0 Å². The number of nitrogens with one attached hydrogen (secondary N) is 1. The van der Waals surface area contributed by atoms with Crippen LogP contribution in [0, 0.1) is 0 Å². The van der Waals surface area contributed by atoms with E-state index in [1.807, 2.05) is 13.8 Å². The number of carbonyl (C=O) groups is 1. The topological polar surface area (TPSA) is 42.0 Å². The molecular weight excluding hydrogens is 336 g/mol. The summed E-state index contributed by atoms with van der Waals surface area (Å²) in [6, 6.07) is 3.56. The molecule has 0 saturated carbocycles. The average molecular weight is 352 g/mol. The predicted octanol–water partition coefficient (Wildman–Crippen LogP) is 3.26. The summed E-state index contributed by atoms with van der Waals surface area (Å²) in [7, 11) is 1.62. The molecule has 0 unspecified atom stereocenters. The maximum Gasteiger partial charge on any atom is 0.251 e. The zero-order valence-corrected chi connectivity index (χ0v) is 12.9. The Labute approximate surface area is 113 Å². The Hall–Kier alpha value is -0.420. The van der Waals surface area contributed by atoms with Crippen molar-refractivity contribution in [3.63, 3.8) is 0 Å². The molecular formula is C11H16Br2N2O. The zero-order valence-electron chi connectivity index (χ0n) is 9.68. The van der Waals surface area contributed by atoms with Crippen LogP contribution in [0.1, 0.15) is 35.6 Å². The summed E-state index contributed by atoms with van der Waals surface area (Å²) in [6.45, 7) is 4.00.